The smallest absolute Gasteiger partial charge is 0.223 e. The molecule has 1 aromatic heterocycles. The van der Waals surface area contributed by atoms with Gasteiger partial charge in [-0.15, -0.1) is 0 Å². The fraction of sp³-hybridized carbons (Fsp3) is 0. The number of nitrogen functional groups attached to an aromatic ring is 1. The Hall–Kier alpha value is -1.62. The van der Waals surface area contributed by atoms with Gasteiger partial charge in [-0.1, -0.05) is 6.07 Å². The standard InChI is InChI=1S/C10H8BrN3O/c11-10-13-5-4-9(14-10)15-8-3-1-2-7(12)6-8/h1-6H,12H2. The molecule has 0 bridgehead atoms. The number of nitrogens with two attached hydrogens (primary N) is 1. The summed E-state index contributed by atoms with van der Waals surface area (Å²) in [6.45, 7) is 0. The number of halogens is 1. The summed E-state index contributed by atoms with van der Waals surface area (Å²) < 4.78 is 5.97. The van der Waals surface area contributed by atoms with Gasteiger partial charge in [-0.05, 0) is 28.1 Å². The normalized spacial score (nSPS) is 9.93. The van der Waals surface area contributed by atoms with E-state index in [1.54, 1.807) is 24.4 Å². The maximum atomic E-state index is 5.62. The minimum atomic E-state index is 0.475. The number of rotatable bonds is 2. The van der Waals surface area contributed by atoms with Crippen LogP contribution in [-0.2, 0) is 0 Å². The Morgan fingerprint density at radius 1 is 1.27 bits per heavy atom. The molecule has 2 rings (SSSR count). The van der Waals surface area contributed by atoms with Gasteiger partial charge in [-0.3, -0.25) is 0 Å². The molecule has 0 aliphatic heterocycles. The van der Waals surface area contributed by atoms with Crippen LogP contribution < -0.4 is 10.5 Å². The molecule has 0 radical (unpaired) electrons. The van der Waals surface area contributed by atoms with Crippen molar-refractivity contribution in [3.8, 4) is 11.6 Å². The summed E-state index contributed by atoms with van der Waals surface area (Å²) in [7, 11) is 0. The van der Waals surface area contributed by atoms with E-state index in [4.69, 9.17) is 10.5 Å². The molecule has 15 heavy (non-hydrogen) atoms. The fourth-order valence-electron chi connectivity index (χ4n) is 1.08. The minimum Gasteiger partial charge on any atom is -0.439 e. The number of benzene rings is 1. The second-order valence-corrected chi connectivity index (χ2v) is 3.55. The third-order valence-electron chi connectivity index (χ3n) is 1.68. The first kappa shape index (κ1) is 9.92. The van der Waals surface area contributed by atoms with Crippen molar-refractivity contribution in [2.75, 3.05) is 5.73 Å². The van der Waals surface area contributed by atoms with E-state index in [1.807, 2.05) is 12.1 Å². The van der Waals surface area contributed by atoms with Crippen LogP contribution in [0.15, 0.2) is 41.3 Å². The highest BCUT2D eigenvalue weighted by Gasteiger charge is 1.99. The predicted octanol–water partition coefficient (Wildman–Crippen LogP) is 2.61. The van der Waals surface area contributed by atoms with Crippen LogP contribution in [0.3, 0.4) is 0 Å². The Morgan fingerprint density at radius 2 is 2.13 bits per heavy atom. The van der Waals surface area contributed by atoms with Crippen LogP contribution in [0, 0.1) is 0 Å². The third kappa shape index (κ3) is 2.66. The van der Waals surface area contributed by atoms with E-state index in [9.17, 15) is 0 Å². The van der Waals surface area contributed by atoms with E-state index in [2.05, 4.69) is 25.9 Å². The molecule has 0 unspecified atom stereocenters. The van der Waals surface area contributed by atoms with E-state index < -0.39 is 0 Å². The average Bonchev–Trinajstić information content (AvgIpc) is 2.17. The van der Waals surface area contributed by atoms with Crippen LogP contribution >= 0.6 is 15.9 Å². The zero-order chi connectivity index (χ0) is 10.7. The Balaban J connectivity index is 2.22. The number of aromatic nitrogens is 2. The molecule has 2 N–H and O–H groups in total. The molecule has 1 aromatic carbocycles. The highest BCUT2D eigenvalue weighted by Crippen LogP contribution is 2.21. The predicted molar refractivity (Wildman–Crippen MR) is 60.7 cm³/mol. The summed E-state index contributed by atoms with van der Waals surface area (Å²) in [5, 5.41) is 0. The molecule has 4 nitrogen and oxygen atoms in total. The lowest BCUT2D eigenvalue weighted by Crippen LogP contribution is -1.91. The van der Waals surface area contributed by atoms with Crippen molar-refractivity contribution in [1.82, 2.24) is 9.97 Å². The lowest BCUT2D eigenvalue weighted by Gasteiger charge is -2.04. The second-order valence-electron chi connectivity index (χ2n) is 2.84. The van der Waals surface area contributed by atoms with Crippen molar-refractivity contribution in [1.29, 1.82) is 0 Å². The molecular weight excluding hydrogens is 258 g/mol. The summed E-state index contributed by atoms with van der Waals surface area (Å²) in [5.41, 5.74) is 6.27. The van der Waals surface area contributed by atoms with Crippen molar-refractivity contribution in [3.63, 3.8) is 0 Å². The van der Waals surface area contributed by atoms with Gasteiger partial charge in [0.25, 0.3) is 0 Å². The van der Waals surface area contributed by atoms with E-state index in [0.29, 0.717) is 22.1 Å². The van der Waals surface area contributed by atoms with Gasteiger partial charge in [0.2, 0.25) is 5.88 Å². The number of anilines is 1. The lowest BCUT2D eigenvalue weighted by molar-refractivity contribution is 0.460. The number of nitrogens with zero attached hydrogens (tertiary/aromatic N) is 2. The highest BCUT2D eigenvalue weighted by molar-refractivity contribution is 9.10. The van der Waals surface area contributed by atoms with Gasteiger partial charge >= 0.3 is 0 Å². The van der Waals surface area contributed by atoms with E-state index in [0.717, 1.165) is 0 Å². The topological polar surface area (TPSA) is 61.0 Å². The summed E-state index contributed by atoms with van der Waals surface area (Å²) in [6, 6.07) is 8.83. The molecule has 76 valence electrons. The SMILES string of the molecule is Nc1cccc(Oc2ccnc(Br)n2)c1. The zero-order valence-electron chi connectivity index (χ0n) is 7.72. The number of hydrogen-bond donors (Lipinski definition) is 1. The van der Waals surface area contributed by atoms with Crippen molar-refractivity contribution < 1.29 is 4.74 Å². The first-order valence-corrected chi connectivity index (χ1v) is 5.05. The third-order valence-corrected chi connectivity index (χ3v) is 2.06. The fourth-order valence-corrected chi connectivity index (χ4v) is 1.37. The van der Waals surface area contributed by atoms with Crippen LogP contribution in [-0.4, -0.2) is 9.97 Å². The van der Waals surface area contributed by atoms with Crippen LogP contribution in [0.25, 0.3) is 0 Å². The molecule has 0 atom stereocenters. The van der Waals surface area contributed by atoms with Crippen LogP contribution in [0.5, 0.6) is 11.6 Å². The molecular formula is C10H8BrN3O. The Labute approximate surface area is 95.2 Å². The maximum Gasteiger partial charge on any atom is 0.223 e. The summed E-state index contributed by atoms with van der Waals surface area (Å²) in [4.78, 5) is 7.94. The van der Waals surface area contributed by atoms with E-state index in [-0.39, 0.29) is 0 Å². The molecule has 0 saturated heterocycles. The van der Waals surface area contributed by atoms with Crippen molar-refractivity contribution in [2.24, 2.45) is 0 Å². The second kappa shape index (κ2) is 4.27. The Morgan fingerprint density at radius 3 is 2.87 bits per heavy atom. The largest absolute Gasteiger partial charge is 0.439 e. The number of ether oxygens (including phenoxy) is 1. The summed E-state index contributed by atoms with van der Waals surface area (Å²) in [6.07, 6.45) is 1.61. The number of hydrogen-bond acceptors (Lipinski definition) is 4. The van der Waals surface area contributed by atoms with E-state index in [1.165, 1.54) is 0 Å². The molecule has 1 heterocycles. The molecule has 0 saturated carbocycles. The molecule has 0 aliphatic rings. The van der Waals surface area contributed by atoms with Gasteiger partial charge < -0.3 is 10.5 Å². The lowest BCUT2D eigenvalue weighted by atomic mass is 10.3. The first-order chi connectivity index (χ1) is 7.24. The Bertz CT molecular complexity index is 432. The molecule has 0 fully saturated rings. The summed E-state index contributed by atoms with van der Waals surface area (Å²) >= 11 is 3.16. The van der Waals surface area contributed by atoms with Crippen molar-refractivity contribution in [3.05, 3.63) is 41.3 Å². The maximum absolute atomic E-state index is 5.62. The monoisotopic (exact) mass is 265 g/mol. The molecule has 0 amide bonds. The average molecular weight is 266 g/mol. The quantitative estimate of drug-likeness (QED) is 0.670. The molecule has 2 aromatic rings. The van der Waals surface area contributed by atoms with Gasteiger partial charge in [0.15, 0.2) is 4.73 Å². The van der Waals surface area contributed by atoms with Gasteiger partial charge in [0.05, 0.1) is 0 Å². The van der Waals surface area contributed by atoms with E-state index >= 15 is 0 Å². The van der Waals surface area contributed by atoms with Crippen LogP contribution in [0.1, 0.15) is 0 Å². The molecule has 0 spiro atoms. The van der Waals surface area contributed by atoms with Gasteiger partial charge in [0, 0.05) is 24.0 Å². The van der Waals surface area contributed by atoms with Crippen molar-refractivity contribution >= 4 is 21.6 Å². The summed E-state index contributed by atoms with van der Waals surface area (Å²) in [5.74, 6) is 1.13. The zero-order valence-corrected chi connectivity index (χ0v) is 9.31. The van der Waals surface area contributed by atoms with Gasteiger partial charge in [-0.25, -0.2) is 4.98 Å². The first-order valence-electron chi connectivity index (χ1n) is 4.26. The minimum absolute atomic E-state index is 0.475. The molecule has 5 heteroatoms. The molecule has 0 aliphatic carbocycles. The highest BCUT2D eigenvalue weighted by atomic mass is 79.9. The van der Waals surface area contributed by atoms with Gasteiger partial charge in [0.1, 0.15) is 5.75 Å². The van der Waals surface area contributed by atoms with Crippen molar-refractivity contribution in [2.45, 2.75) is 0 Å². The van der Waals surface area contributed by atoms with Crippen LogP contribution in [0.2, 0.25) is 0 Å². The van der Waals surface area contributed by atoms with Crippen LogP contribution in [0.4, 0.5) is 5.69 Å². The van der Waals surface area contributed by atoms with Gasteiger partial charge in [-0.2, -0.15) is 4.98 Å². The Kier molecular flexibility index (Phi) is 2.82.